The van der Waals surface area contributed by atoms with Crippen LogP contribution in [0.3, 0.4) is 0 Å². The highest BCUT2D eigenvalue weighted by Gasteiger charge is 2.26. The number of anilines is 1. The quantitative estimate of drug-likeness (QED) is 0.792. The second kappa shape index (κ2) is 8.58. The molecule has 0 bridgehead atoms. The van der Waals surface area contributed by atoms with E-state index in [1.54, 1.807) is 30.3 Å². The third-order valence-electron chi connectivity index (χ3n) is 4.09. The number of nitrogens with zero attached hydrogens (tertiary/aromatic N) is 1. The van der Waals surface area contributed by atoms with Gasteiger partial charge in [0, 0.05) is 18.8 Å². The van der Waals surface area contributed by atoms with Gasteiger partial charge in [-0.15, -0.1) is 0 Å². The second-order valence-corrected chi connectivity index (χ2v) is 8.77. The zero-order valence-corrected chi connectivity index (χ0v) is 16.6. The molecular weight excluding hydrogens is 411 g/mol. The maximum Gasteiger partial charge on any atom is 0.243 e. The number of sulfonamides is 1. The van der Waals surface area contributed by atoms with Crippen LogP contribution in [0.25, 0.3) is 0 Å². The van der Waals surface area contributed by atoms with Crippen LogP contribution in [0.4, 0.5) is 5.69 Å². The molecule has 1 saturated heterocycles. The first-order chi connectivity index (χ1) is 12.9. The Kier molecular flexibility index (Phi) is 6.39. The molecule has 1 heterocycles. The molecule has 27 heavy (non-hydrogen) atoms. The first-order valence-electron chi connectivity index (χ1n) is 8.28. The number of hydrogen-bond donors (Lipinski definition) is 1. The Labute approximate surface area is 168 Å². The molecule has 1 N–H and O–H groups in total. The zero-order valence-electron chi connectivity index (χ0n) is 14.3. The summed E-state index contributed by atoms with van der Waals surface area (Å²) in [6.45, 7) is 1.46. The summed E-state index contributed by atoms with van der Waals surface area (Å²) in [5, 5.41) is 3.56. The van der Waals surface area contributed by atoms with Crippen LogP contribution in [0.15, 0.2) is 47.4 Å². The molecule has 0 aromatic heterocycles. The van der Waals surface area contributed by atoms with Crippen molar-refractivity contribution >= 4 is 44.8 Å². The average molecular weight is 429 g/mol. The summed E-state index contributed by atoms with van der Waals surface area (Å²) < 4.78 is 31.7. The second-order valence-electron chi connectivity index (χ2n) is 6.01. The van der Waals surface area contributed by atoms with Crippen molar-refractivity contribution in [3.8, 4) is 0 Å². The number of carbonyl (C=O) groups excluding carboxylic acids is 1. The summed E-state index contributed by atoms with van der Waals surface area (Å²) in [5.41, 5.74) is 1.24. The van der Waals surface area contributed by atoms with Gasteiger partial charge in [-0.25, -0.2) is 8.42 Å². The highest BCUT2D eigenvalue weighted by atomic mass is 35.5. The van der Waals surface area contributed by atoms with E-state index >= 15 is 0 Å². The van der Waals surface area contributed by atoms with Gasteiger partial charge in [-0.05, 0) is 42.0 Å². The van der Waals surface area contributed by atoms with Gasteiger partial charge in [0.2, 0.25) is 15.9 Å². The standard InChI is InChI=1S/C18H18Cl2N2O4S/c19-16-6-1-13(11-17(16)20)12-18(23)21-14-2-4-15(5-3-14)27(24,25)22-7-9-26-10-8-22/h1-6,11H,7-10,12H2,(H,21,23). The SMILES string of the molecule is O=C(Cc1ccc(Cl)c(Cl)c1)Nc1ccc(S(=O)(=O)N2CCOCC2)cc1. The summed E-state index contributed by atoms with van der Waals surface area (Å²) in [6.07, 6.45) is 0.130. The Morgan fingerprint density at radius 3 is 2.33 bits per heavy atom. The summed E-state index contributed by atoms with van der Waals surface area (Å²) in [6, 6.07) is 11.1. The Morgan fingerprint density at radius 2 is 1.70 bits per heavy atom. The number of halogens is 2. The molecule has 0 radical (unpaired) electrons. The van der Waals surface area contributed by atoms with Crippen LogP contribution >= 0.6 is 23.2 Å². The van der Waals surface area contributed by atoms with Crippen molar-refractivity contribution in [3.05, 3.63) is 58.1 Å². The van der Waals surface area contributed by atoms with E-state index in [0.717, 1.165) is 5.56 Å². The van der Waals surface area contributed by atoms with Crippen LogP contribution in [0, 0.1) is 0 Å². The van der Waals surface area contributed by atoms with Crippen LogP contribution in [0.5, 0.6) is 0 Å². The van der Waals surface area contributed by atoms with E-state index in [9.17, 15) is 13.2 Å². The van der Waals surface area contributed by atoms with Gasteiger partial charge in [-0.1, -0.05) is 29.3 Å². The number of rotatable bonds is 5. The van der Waals surface area contributed by atoms with Gasteiger partial charge in [0.25, 0.3) is 0 Å². The fourth-order valence-corrected chi connectivity index (χ4v) is 4.42. The lowest BCUT2D eigenvalue weighted by atomic mass is 10.1. The van der Waals surface area contributed by atoms with Gasteiger partial charge in [-0.3, -0.25) is 4.79 Å². The molecule has 3 rings (SSSR count). The third-order valence-corrected chi connectivity index (χ3v) is 6.75. The molecule has 2 aromatic rings. The lowest BCUT2D eigenvalue weighted by Crippen LogP contribution is -2.40. The fraction of sp³-hybridized carbons (Fsp3) is 0.278. The van der Waals surface area contributed by atoms with Crippen molar-refractivity contribution in [1.29, 1.82) is 0 Å². The molecule has 0 unspecified atom stereocenters. The minimum Gasteiger partial charge on any atom is -0.379 e. The Morgan fingerprint density at radius 1 is 1.04 bits per heavy atom. The van der Waals surface area contributed by atoms with Crippen molar-refractivity contribution < 1.29 is 17.9 Å². The molecule has 9 heteroatoms. The van der Waals surface area contributed by atoms with Gasteiger partial charge in [0.15, 0.2) is 0 Å². The van der Waals surface area contributed by atoms with Crippen LogP contribution in [-0.4, -0.2) is 44.9 Å². The van der Waals surface area contributed by atoms with E-state index in [4.69, 9.17) is 27.9 Å². The van der Waals surface area contributed by atoms with Crippen LogP contribution < -0.4 is 5.32 Å². The van der Waals surface area contributed by atoms with E-state index in [0.29, 0.717) is 42.0 Å². The third kappa shape index (κ3) is 5.00. The van der Waals surface area contributed by atoms with Gasteiger partial charge < -0.3 is 10.1 Å². The van der Waals surface area contributed by atoms with Crippen LogP contribution in [0.1, 0.15) is 5.56 Å². The van der Waals surface area contributed by atoms with Crippen molar-refractivity contribution in [2.24, 2.45) is 0 Å². The fourth-order valence-electron chi connectivity index (χ4n) is 2.69. The van der Waals surface area contributed by atoms with Crippen molar-refractivity contribution in [2.75, 3.05) is 31.6 Å². The molecule has 0 spiro atoms. The van der Waals surface area contributed by atoms with E-state index in [2.05, 4.69) is 5.32 Å². The summed E-state index contributed by atoms with van der Waals surface area (Å²) in [4.78, 5) is 12.4. The van der Waals surface area contributed by atoms with E-state index in [1.165, 1.54) is 16.4 Å². The first kappa shape index (κ1) is 20.1. The van der Waals surface area contributed by atoms with Gasteiger partial charge in [0.1, 0.15) is 0 Å². The maximum atomic E-state index is 12.6. The van der Waals surface area contributed by atoms with Gasteiger partial charge >= 0.3 is 0 Å². The minimum absolute atomic E-state index is 0.130. The number of morpholine rings is 1. The smallest absolute Gasteiger partial charge is 0.243 e. The number of benzene rings is 2. The number of ether oxygens (including phenoxy) is 1. The summed E-state index contributed by atoms with van der Waals surface area (Å²) in [5.74, 6) is -0.239. The molecule has 144 valence electrons. The molecule has 0 aliphatic carbocycles. The first-order valence-corrected chi connectivity index (χ1v) is 10.5. The lowest BCUT2D eigenvalue weighted by Gasteiger charge is -2.26. The molecule has 1 amide bonds. The highest BCUT2D eigenvalue weighted by Crippen LogP contribution is 2.23. The summed E-state index contributed by atoms with van der Waals surface area (Å²) in [7, 11) is -3.55. The molecule has 1 fully saturated rings. The molecule has 0 atom stereocenters. The largest absolute Gasteiger partial charge is 0.379 e. The maximum absolute atomic E-state index is 12.6. The lowest BCUT2D eigenvalue weighted by molar-refractivity contribution is -0.115. The molecule has 1 aliphatic rings. The topological polar surface area (TPSA) is 75.7 Å². The van der Waals surface area contributed by atoms with E-state index in [1.807, 2.05) is 0 Å². The molecule has 2 aromatic carbocycles. The number of nitrogens with one attached hydrogen (secondary N) is 1. The van der Waals surface area contributed by atoms with Crippen LogP contribution in [-0.2, 0) is 26.0 Å². The van der Waals surface area contributed by atoms with E-state index < -0.39 is 10.0 Å². The van der Waals surface area contributed by atoms with E-state index in [-0.39, 0.29) is 17.2 Å². The molecule has 0 saturated carbocycles. The normalized spacial score (nSPS) is 15.5. The zero-order chi connectivity index (χ0) is 19.4. The minimum atomic E-state index is -3.55. The predicted molar refractivity (Wildman–Crippen MR) is 105 cm³/mol. The molecule has 6 nitrogen and oxygen atoms in total. The Hall–Kier alpha value is -1.64. The molecule has 1 aliphatic heterocycles. The Balaban J connectivity index is 1.64. The van der Waals surface area contributed by atoms with Gasteiger partial charge in [0.05, 0.1) is 34.6 Å². The number of amides is 1. The monoisotopic (exact) mass is 428 g/mol. The Bertz CT molecular complexity index is 927. The van der Waals surface area contributed by atoms with Crippen molar-refractivity contribution in [2.45, 2.75) is 11.3 Å². The van der Waals surface area contributed by atoms with Gasteiger partial charge in [-0.2, -0.15) is 4.31 Å². The highest BCUT2D eigenvalue weighted by molar-refractivity contribution is 7.89. The van der Waals surface area contributed by atoms with Crippen molar-refractivity contribution in [3.63, 3.8) is 0 Å². The average Bonchev–Trinajstić information content (AvgIpc) is 2.66. The predicted octanol–water partition coefficient (Wildman–Crippen LogP) is 3.20. The van der Waals surface area contributed by atoms with Crippen LogP contribution in [0.2, 0.25) is 10.0 Å². The van der Waals surface area contributed by atoms with Crippen molar-refractivity contribution in [1.82, 2.24) is 4.31 Å². The number of carbonyl (C=O) groups is 1. The summed E-state index contributed by atoms with van der Waals surface area (Å²) >= 11 is 11.8. The molecular formula is C18H18Cl2N2O4S. The number of hydrogen-bond acceptors (Lipinski definition) is 4.